The van der Waals surface area contributed by atoms with Crippen LogP contribution in [0.4, 0.5) is 4.39 Å². The van der Waals surface area contributed by atoms with E-state index in [-0.39, 0.29) is 5.82 Å². The van der Waals surface area contributed by atoms with Crippen LogP contribution in [0.15, 0.2) is 47.6 Å². The molecule has 0 saturated heterocycles. The number of halogens is 1. The molecule has 1 atom stereocenters. The van der Waals surface area contributed by atoms with E-state index in [0.717, 1.165) is 17.9 Å². The van der Waals surface area contributed by atoms with E-state index in [2.05, 4.69) is 34.5 Å². The molecule has 1 aromatic heterocycles. The van der Waals surface area contributed by atoms with Crippen LogP contribution in [0.5, 0.6) is 11.6 Å². The van der Waals surface area contributed by atoms with Crippen molar-refractivity contribution in [3.8, 4) is 11.6 Å². The number of guanidine groups is 1. The molecule has 1 heterocycles. The second-order valence-corrected chi connectivity index (χ2v) is 5.44. The van der Waals surface area contributed by atoms with E-state index in [1.54, 1.807) is 25.4 Å². The summed E-state index contributed by atoms with van der Waals surface area (Å²) in [5, 5.41) is 6.56. The summed E-state index contributed by atoms with van der Waals surface area (Å²) in [5.74, 6) is 1.46. The van der Waals surface area contributed by atoms with Crippen LogP contribution in [0.1, 0.15) is 25.8 Å². The van der Waals surface area contributed by atoms with Crippen LogP contribution < -0.4 is 15.4 Å². The largest absolute Gasteiger partial charge is 0.439 e. The lowest BCUT2D eigenvalue weighted by Crippen LogP contribution is -2.41. The highest BCUT2D eigenvalue weighted by atomic mass is 19.1. The van der Waals surface area contributed by atoms with Crippen molar-refractivity contribution in [1.82, 2.24) is 15.6 Å². The molecule has 0 aliphatic rings. The van der Waals surface area contributed by atoms with Gasteiger partial charge in [0.15, 0.2) is 5.96 Å². The third-order valence-corrected chi connectivity index (χ3v) is 3.51. The zero-order valence-electron chi connectivity index (χ0n) is 14.2. The second kappa shape index (κ2) is 8.86. The summed E-state index contributed by atoms with van der Waals surface area (Å²) < 4.78 is 18.6. The molecule has 0 radical (unpaired) electrons. The first-order valence-electron chi connectivity index (χ1n) is 7.96. The molecule has 24 heavy (non-hydrogen) atoms. The molecule has 2 aromatic rings. The van der Waals surface area contributed by atoms with E-state index >= 15 is 0 Å². The molecule has 0 saturated carbocycles. The average molecular weight is 330 g/mol. The first-order chi connectivity index (χ1) is 11.6. The highest BCUT2D eigenvalue weighted by Crippen LogP contribution is 2.20. The maximum atomic E-state index is 12.9. The Bertz CT molecular complexity index is 673. The van der Waals surface area contributed by atoms with Crippen LogP contribution in [-0.4, -0.2) is 24.0 Å². The number of hydrogen-bond acceptors (Lipinski definition) is 3. The van der Waals surface area contributed by atoms with Gasteiger partial charge in [0.2, 0.25) is 5.88 Å². The van der Waals surface area contributed by atoms with Crippen molar-refractivity contribution in [2.24, 2.45) is 4.99 Å². The number of benzene rings is 1. The molecule has 0 aliphatic carbocycles. The van der Waals surface area contributed by atoms with Crippen molar-refractivity contribution >= 4 is 5.96 Å². The van der Waals surface area contributed by atoms with E-state index in [0.29, 0.717) is 24.2 Å². The quantitative estimate of drug-likeness (QED) is 0.629. The zero-order valence-corrected chi connectivity index (χ0v) is 14.2. The van der Waals surface area contributed by atoms with Gasteiger partial charge >= 0.3 is 0 Å². The van der Waals surface area contributed by atoms with Crippen molar-refractivity contribution in [3.05, 3.63) is 54.0 Å². The van der Waals surface area contributed by atoms with Crippen molar-refractivity contribution < 1.29 is 9.13 Å². The Hall–Kier alpha value is -2.63. The van der Waals surface area contributed by atoms with Gasteiger partial charge in [0.25, 0.3) is 0 Å². The van der Waals surface area contributed by atoms with Crippen LogP contribution >= 0.6 is 0 Å². The Morgan fingerprint density at radius 1 is 1.29 bits per heavy atom. The number of aliphatic imine (C=N–C) groups is 1. The van der Waals surface area contributed by atoms with Crippen LogP contribution in [0.2, 0.25) is 0 Å². The fraction of sp³-hybridized carbons (Fsp3) is 0.333. The molecule has 2 N–H and O–H groups in total. The predicted octanol–water partition coefficient (Wildman–Crippen LogP) is 3.48. The molecule has 1 aromatic carbocycles. The van der Waals surface area contributed by atoms with Gasteiger partial charge in [-0.15, -0.1) is 0 Å². The second-order valence-electron chi connectivity index (χ2n) is 5.44. The predicted molar refractivity (Wildman–Crippen MR) is 93.8 cm³/mol. The molecule has 2 rings (SSSR count). The van der Waals surface area contributed by atoms with Crippen molar-refractivity contribution in [3.63, 3.8) is 0 Å². The summed E-state index contributed by atoms with van der Waals surface area (Å²) in [6, 6.07) is 9.94. The first kappa shape index (κ1) is 17.7. The molecule has 1 unspecified atom stereocenters. The third kappa shape index (κ3) is 5.53. The summed E-state index contributed by atoms with van der Waals surface area (Å²) in [6.07, 6.45) is 2.70. The molecule has 0 aliphatic heterocycles. The van der Waals surface area contributed by atoms with Gasteiger partial charge in [-0.2, -0.15) is 0 Å². The summed E-state index contributed by atoms with van der Waals surface area (Å²) in [6.45, 7) is 4.82. The zero-order chi connectivity index (χ0) is 17.4. The van der Waals surface area contributed by atoms with Gasteiger partial charge in [-0.05, 0) is 49.2 Å². The Morgan fingerprint density at radius 2 is 2.04 bits per heavy atom. The minimum absolute atomic E-state index is 0.298. The summed E-state index contributed by atoms with van der Waals surface area (Å²) >= 11 is 0. The number of hydrogen-bond donors (Lipinski definition) is 2. The number of nitrogens with one attached hydrogen (secondary N) is 2. The topological polar surface area (TPSA) is 58.5 Å². The van der Waals surface area contributed by atoms with Gasteiger partial charge in [-0.1, -0.05) is 6.92 Å². The van der Waals surface area contributed by atoms with Crippen LogP contribution in [0, 0.1) is 5.82 Å². The summed E-state index contributed by atoms with van der Waals surface area (Å²) in [4.78, 5) is 8.38. The molecule has 128 valence electrons. The van der Waals surface area contributed by atoms with Crippen molar-refractivity contribution in [2.45, 2.75) is 32.9 Å². The van der Waals surface area contributed by atoms with Crippen molar-refractivity contribution in [1.29, 1.82) is 0 Å². The van der Waals surface area contributed by atoms with E-state index < -0.39 is 0 Å². The minimum atomic E-state index is -0.298. The standard InChI is InChI=1S/C18H23FN4O/c1-4-13(2)23-18(20-3)22-12-14-9-10-21-17(11-14)24-16-7-5-15(19)6-8-16/h5-11,13H,4,12H2,1-3H3,(H2,20,22,23). The lowest BCUT2D eigenvalue weighted by molar-refractivity contribution is 0.460. The maximum Gasteiger partial charge on any atom is 0.219 e. The minimum Gasteiger partial charge on any atom is -0.439 e. The number of nitrogens with zero attached hydrogens (tertiary/aromatic N) is 2. The van der Waals surface area contributed by atoms with Gasteiger partial charge in [0.05, 0.1) is 0 Å². The fourth-order valence-corrected chi connectivity index (χ4v) is 1.96. The van der Waals surface area contributed by atoms with Gasteiger partial charge in [-0.3, -0.25) is 4.99 Å². The van der Waals surface area contributed by atoms with Crippen molar-refractivity contribution in [2.75, 3.05) is 7.05 Å². The highest BCUT2D eigenvalue weighted by Gasteiger charge is 2.04. The molecule has 6 heteroatoms. The van der Waals surface area contributed by atoms with E-state index in [9.17, 15) is 4.39 Å². The van der Waals surface area contributed by atoms with Gasteiger partial charge in [-0.25, -0.2) is 9.37 Å². The number of ether oxygens (including phenoxy) is 1. The molecular formula is C18H23FN4O. The molecule has 0 bridgehead atoms. The fourth-order valence-electron chi connectivity index (χ4n) is 1.96. The molecule has 5 nitrogen and oxygen atoms in total. The normalized spacial score (nSPS) is 12.6. The Balaban J connectivity index is 1.96. The van der Waals surface area contributed by atoms with E-state index in [1.807, 2.05) is 12.1 Å². The Kier molecular flexibility index (Phi) is 6.54. The Morgan fingerprint density at radius 3 is 2.71 bits per heavy atom. The third-order valence-electron chi connectivity index (χ3n) is 3.51. The molecule has 0 amide bonds. The smallest absolute Gasteiger partial charge is 0.219 e. The maximum absolute atomic E-state index is 12.9. The van der Waals surface area contributed by atoms with Crippen LogP contribution in [-0.2, 0) is 6.54 Å². The van der Waals surface area contributed by atoms with Gasteiger partial charge in [0.1, 0.15) is 11.6 Å². The van der Waals surface area contributed by atoms with E-state index in [1.165, 1.54) is 12.1 Å². The molecule has 0 fully saturated rings. The first-order valence-corrected chi connectivity index (χ1v) is 7.96. The van der Waals surface area contributed by atoms with Crippen LogP contribution in [0.3, 0.4) is 0 Å². The highest BCUT2D eigenvalue weighted by molar-refractivity contribution is 5.79. The SMILES string of the molecule is CCC(C)NC(=NC)NCc1ccnc(Oc2ccc(F)cc2)c1. The summed E-state index contributed by atoms with van der Waals surface area (Å²) in [7, 11) is 1.74. The van der Waals surface area contributed by atoms with Crippen LogP contribution in [0.25, 0.3) is 0 Å². The molecular weight excluding hydrogens is 307 g/mol. The number of aromatic nitrogens is 1. The number of rotatable bonds is 6. The average Bonchev–Trinajstić information content (AvgIpc) is 2.60. The monoisotopic (exact) mass is 330 g/mol. The van der Waals surface area contributed by atoms with Gasteiger partial charge < -0.3 is 15.4 Å². The lowest BCUT2D eigenvalue weighted by atomic mass is 10.2. The number of pyridine rings is 1. The molecule has 0 spiro atoms. The van der Waals surface area contributed by atoms with E-state index in [4.69, 9.17) is 4.74 Å². The van der Waals surface area contributed by atoms with Gasteiger partial charge in [0, 0.05) is 31.9 Å². The lowest BCUT2D eigenvalue weighted by Gasteiger charge is -2.16. The Labute approximate surface area is 142 Å². The summed E-state index contributed by atoms with van der Waals surface area (Å²) in [5.41, 5.74) is 1.01.